The molecule has 1 rings (SSSR count). The molecular weight excluding hydrogens is 364 g/mol. The monoisotopic (exact) mass is 396 g/mol. The smallest absolute Gasteiger partial charge is 0.416 e. The Kier molecular flexibility index (Phi) is 8.68. The minimum absolute atomic E-state index is 0.0743. The van der Waals surface area contributed by atoms with Crippen molar-refractivity contribution in [3.8, 4) is 0 Å². The van der Waals surface area contributed by atoms with Gasteiger partial charge >= 0.3 is 12.2 Å². The number of nitrogens with zero attached hydrogens (tertiary/aromatic N) is 1. The Hall–Kier alpha value is -2.35. The molecule has 28 heavy (non-hydrogen) atoms. The zero-order valence-corrected chi connectivity index (χ0v) is 17.5. The number of hydrogen-bond acceptors (Lipinski definition) is 6. The molecule has 0 unspecified atom stereocenters. The highest BCUT2D eigenvalue weighted by Crippen LogP contribution is 2.21. The number of allylic oxidation sites excluding steroid dienone is 2. The molecule has 1 aliphatic heterocycles. The van der Waals surface area contributed by atoms with Crippen LogP contribution in [0.3, 0.4) is 0 Å². The third kappa shape index (κ3) is 8.12. The molecule has 2 N–H and O–H groups in total. The van der Waals surface area contributed by atoms with E-state index in [-0.39, 0.29) is 31.5 Å². The first-order valence-electron chi connectivity index (χ1n) is 9.39. The van der Waals surface area contributed by atoms with Crippen LogP contribution in [0, 0.1) is 5.92 Å². The van der Waals surface area contributed by atoms with E-state index >= 15 is 0 Å². The first-order chi connectivity index (χ1) is 12.9. The fraction of sp³-hybridized carbons (Fsp3) is 0.650. The van der Waals surface area contributed by atoms with Crippen molar-refractivity contribution in [1.82, 2.24) is 10.2 Å². The van der Waals surface area contributed by atoms with Crippen molar-refractivity contribution in [2.75, 3.05) is 13.2 Å². The van der Waals surface area contributed by atoms with Crippen molar-refractivity contribution in [2.24, 2.45) is 5.92 Å². The number of cyclic esters (lactones) is 1. The van der Waals surface area contributed by atoms with E-state index in [0.717, 1.165) is 10.5 Å². The summed E-state index contributed by atoms with van der Waals surface area (Å²) in [6.45, 7) is 11.4. The highest BCUT2D eigenvalue weighted by Gasteiger charge is 2.39. The van der Waals surface area contributed by atoms with Crippen molar-refractivity contribution in [1.29, 1.82) is 0 Å². The Morgan fingerprint density at radius 3 is 2.61 bits per heavy atom. The lowest BCUT2D eigenvalue weighted by Gasteiger charge is -2.23. The number of carbonyl (C=O) groups is 3. The van der Waals surface area contributed by atoms with Gasteiger partial charge in [-0.1, -0.05) is 37.6 Å². The number of nitrogens with one attached hydrogen (secondary N) is 1. The van der Waals surface area contributed by atoms with Crippen molar-refractivity contribution >= 4 is 18.1 Å². The minimum Gasteiger partial charge on any atom is -0.447 e. The maximum Gasteiger partial charge on any atom is 0.416 e. The molecule has 0 aliphatic carbocycles. The van der Waals surface area contributed by atoms with E-state index in [0.29, 0.717) is 0 Å². The molecule has 1 fully saturated rings. The number of hydrogen-bond donors (Lipinski definition) is 2. The largest absolute Gasteiger partial charge is 0.447 e. The van der Waals surface area contributed by atoms with E-state index < -0.39 is 29.8 Å². The normalized spacial score (nSPS) is 19.1. The van der Waals surface area contributed by atoms with Crippen LogP contribution in [0.15, 0.2) is 23.8 Å². The Morgan fingerprint density at radius 2 is 2.04 bits per heavy atom. The SMILES string of the molecule is CC(/C=C/CNC(=O)OC(C)(C)C)=C\[C@@H](O)CC(=O)N1C(=O)OC[C@@H]1C(C)C. The lowest BCUT2D eigenvalue weighted by molar-refractivity contribution is -0.131. The quantitative estimate of drug-likeness (QED) is 0.641. The average Bonchev–Trinajstić information content (AvgIpc) is 2.91. The molecule has 158 valence electrons. The third-order valence-corrected chi connectivity index (χ3v) is 3.93. The second-order valence-electron chi connectivity index (χ2n) is 8.12. The first kappa shape index (κ1) is 23.7. The summed E-state index contributed by atoms with van der Waals surface area (Å²) in [5, 5.41) is 12.7. The molecular formula is C20H32N2O6. The Labute approximate surface area is 166 Å². The van der Waals surface area contributed by atoms with Gasteiger partial charge in [-0.3, -0.25) is 4.79 Å². The van der Waals surface area contributed by atoms with Gasteiger partial charge in [0.25, 0.3) is 0 Å². The van der Waals surface area contributed by atoms with Gasteiger partial charge in [0.1, 0.15) is 12.2 Å². The van der Waals surface area contributed by atoms with Crippen molar-refractivity contribution in [3.63, 3.8) is 0 Å². The molecule has 0 aromatic carbocycles. The highest BCUT2D eigenvalue weighted by molar-refractivity contribution is 5.93. The second-order valence-corrected chi connectivity index (χ2v) is 8.12. The topological polar surface area (TPSA) is 105 Å². The standard InChI is InChI=1S/C20H32N2O6/c1-13(2)16-12-27-19(26)22(16)17(24)11-15(23)10-14(3)8-7-9-21-18(25)28-20(4,5)6/h7-8,10,13,15-16,23H,9,11-12H2,1-6H3,(H,21,25)/b8-7+,14-10+/t15-,16-/m1/s1. The summed E-state index contributed by atoms with van der Waals surface area (Å²) in [5.41, 5.74) is 0.159. The molecule has 0 radical (unpaired) electrons. The van der Waals surface area contributed by atoms with Crippen molar-refractivity contribution in [3.05, 3.63) is 23.8 Å². The molecule has 8 nitrogen and oxygen atoms in total. The summed E-state index contributed by atoms with van der Waals surface area (Å²) in [5.74, 6) is -0.390. The van der Waals surface area contributed by atoms with Gasteiger partial charge < -0.3 is 19.9 Å². The maximum atomic E-state index is 12.4. The fourth-order valence-corrected chi connectivity index (χ4v) is 2.61. The van der Waals surface area contributed by atoms with Crippen LogP contribution in [-0.2, 0) is 14.3 Å². The number of amides is 3. The third-order valence-electron chi connectivity index (χ3n) is 3.93. The summed E-state index contributed by atoms with van der Waals surface area (Å²) in [6, 6.07) is -0.309. The van der Waals surface area contributed by atoms with Crippen LogP contribution in [0.2, 0.25) is 0 Å². The van der Waals surface area contributed by atoms with E-state index in [1.807, 2.05) is 13.8 Å². The molecule has 0 spiro atoms. The van der Waals surface area contributed by atoms with Crippen molar-refractivity contribution < 1.29 is 29.0 Å². The lowest BCUT2D eigenvalue weighted by atomic mass is 10.0. The van der Waals surface area contributed by atoms with Crippen molar-refractivity contribution in [2.45, 2.75) is 65.7 Å². The van der Waals surface area contributed by atoms with Gasteiger partial charge in [0.15, 0.2) is 0 Å². The van der Waals surface area contributed by atoms with Gasteiger partial charge in [0.2, 0.25) is 5.91 Å². The highest BCUT2D eigenvalue weighted by atomic mass is 16.6. The van der Waals surface area contributed by atoms with Gasteiger partial charge in [-0.25, -0.2) is 14.5 Å². The Balaban J connectivity index is 2.50. The fourth-order valence-electron chi connectivity index (χ4n) is 2.61. The van der Waals surface area contributed by atoms with Gasteiger partial charge in [-0.05, 0) is 33.6 Å². The first-order valence-corrected chi connectivity index (χ1v) is 9.39. The molecule has 1 aliphatic rings. The molecule has 0 aromatic heterocycles. The second kappa shape index (κ2) is 10.3. The Bertz CT molecular complexity index is 633. The van der Waals surface area contributed by atoms with E-state index in [1.54, 1.807) is 39.8 Å². The van der Waals surface area contributed by atoms with Crippen LogP contribution >= 0.6 is 0 Å². The van der Waals surface area contributed by atoms with Crippen LogP contribution in [0.25, 0.3) is 0 Å². The van der Waals surface area contributed by atoms with E-state index in [2.05, 4.69) is 5.32 Å². The molecule has 2 atom stereocenters. The molecule has 1 saturated heterocycles. The summed E-state index contributed by atoms with van der Waals surface area (Å²) < 4.78 is 10.1. The van der Waals surface area contributed by atoms with Gasteiger partial charge in [-0.2, -0.15) is 0 Å². The van der Waals surface area contributed by atoms with Gasteiger partial charge in [0, 0.05) is 6.54 Å². The van der Waals surface area contributed by atoms with E-state index in [4.69, 9.17) is 9.47 Å². The van der Waals surface area contributed by atoms with Crippen LogP contribution in [0.5, 0.6) is 0 Å². The molecule has 0 bridgehead atoms. The van der Waals surface area contributed by atoms with Crippen LogP contribution in [0.4, 0.5) is 9.59 Å². The van der Waals surface area contributed by atoms with E-state index in [9.17, 15) is 19.5 Å². The number of carbonyl (C=O) groups excluding carboxylic acids is 3. The zero-order valence-electron chi connectivity index (χ0n) is 17.5. The molecule has 3 amide bonds. The maximum absolute atomic E-state index is 12.4. The number of imide groups is 1. The number of ether oxygens (including phenoxy) is 2. The van der Waals surface area contributed by atoms with Gasteiger partial charge in [-0.15, -0.1) is 0 Å². The number of aliphatic hydroxyl groups excluding tert-OH is 1. The average molecular weight is 396 g/mol. The summed E-state index contributed by atoms with van der Waals surface area (Å²) >= 11 is 0. The van der Waals surface area contributed by atoms with E-state index in [1.165, 1.54) is 6.08 Å². The minimum atomic E-state index is -1.03. The zero-order chi connectivity index (χ0) is 21.5. The van der Waals surface area contributed by atoms with Crippen LogP contribution in [0.1, 0.15) is 48.0 Å². The van der Waals surface area contributed by atoms with Gasteiger partial charge in [0.05, 0.1) is 18.6 Å². The number of alkyl carbamates (subject to hydrolysis) is 1. The molecule has 0 aromatic rings. The van der Waals surface area contributed by atoms with Crippen LogP contribution in [-0.4, -0.2) is 59.0 Å². The number of rotatable bonds is 7. The molecule has 8 heteroatoms. The predicted molar refractivity (Wildman–Crippen MR) is 105 cm³/mol. The molecule has 1 heterocycles. The molecule has 0 saturated carbocycles. The Morgan fingerprint density at radius 1 is 1.39 bits per heavy atom. The summed E-state index contributed by atoms with van der Waals surface area (Å²) in [4.78, 5) is 36.8. The van der Waals surface area contributed by atoms with Crippen LogP contribution < -0.4 is 5.32 Å². The summed E-state index contributed by atoms with van der Waals surface area (Å²) in [7, 11) is 0. The predicted octanol–water partition coefficient (Wildman–Crippen LogP) is 2.77. The lowest BCUT2D eigenvalue weighted by Crippen LogP contribution is -2.42. The number of aliphatic hydroxyl groups is 1. The summed E-state index contributed by atoms with van der Waals surface area (Å²) in [6.07, 6.45) is 2.53.